The lowest BCUT2D eigenvalue weighted by atomic mass is 9.75. The molecule has 0 radical (unpaired) electrons. The number of aliphatic hydroxyl groups excluding tert-OH is 1. The molecule has 1 unspecified atom stereocenters. The van der Waals surface area contributed by atoms with Gasteiger partial charge in [-0.3, -0.25) is 0 Å². The summed E-state index contributed by atoms with van der Waals surface area (Å²) in [4.78, 5) is 0. The summed E-state index contributed by atoms with van der Waals surface area (Å²) in [7, 11) is 0. The lowest BCUT2D eigenvalue weighted by Crippen LogP contribution is -2.25. The molecule has 0 amide bonds. The summed E-state index contributed by atoms with van der Waals surface area (Å²) >= 11 is 3.50. The Morgan fingerprint density at radius 3 is 2.58 bits per heavy atom. The summed E-state index contributed by atoms with van der Waals surface area (Å²) in [6.45, 7) is 4.79. The molecule has 0 saturated heterocycles. The van der Waals surface area contributed by atoms with Crippen LogP contribution in [-0.4, -0.2) is 11.7 Å². The van der Waals surface area contributed by atoms with E-state index in [4.69, 9.17) is 4.74 Å². The molecule has 2 nitrogen and oxygen atoms in total. The first-order chi connectivity index (χ1) is 9.13. The molecular formula is C16H23BrO2. The van der Waals surface area contributed by atoms with E-state index in [1.54, 1.807) is 0 Å². The van der Waals surface area contributed by atoms with E-state index in [9.17, 15) is 5.11 Å². The Labute approximate surface area is 124 Å². The van der Waals surface area contributed by atoms with Crippen LogP contribution in [0.1, 0.15) is 57.6 Å². The Bertz CT molecular complexity index is 425. The van der Waals surface area contributed by atoms with Crippen LogP contribution in [-0.2, 0) is 0 Å². The summed E-state index contributed by atoms with van der Waals surface area (Å²) in [6, 6.07) is 5.92. The highest BCUT2D eigenvalue weighted by atomic mass is 79.9. The Morgan fingerprint density at radius 1 is 1.32 bits per heavy atom. The normalized spacial score (nSPS) is 19.4. The van der Waals surface area contributed by atoms with E-state index >= 15 is 0 Å². The van der Waals surface area contributed by atoms with E-state index in [0.29, 0.717) is 6.61 Å². The Morgan fingerprint density at radius 2 is 2.00 bits per heavy atom. The molecule has 1 saturated carbocycles. The number of aliphatic hydroxyl groups is 1. The van der Waals surface area contributed by atoms with Crippen molar-refractivity contribution in [3.8, 4) is 5.75 Å². The van der Waals surface area contributed by atoms with Gasteiger partial charge in [-0.05, 0) is 44.4 Å². The second-order valence-corrected chi connectivity index (χ2v) is 6.36. The van der Waals surface area contributed by atoms with Crippen LogP contribution < -0.4 is 4.74 Å². The first-order valence-electron chi connectivity index (χ1n) is 7.23. The third-order valence-electron chi connectivity index (χ3n) is 4.45. The lowest BCUT2D eigenvalue weighted by molar-refractivity contribution is 0.0216. The fourth-order valence-electron chi connectivity index (χ4n) is 3.25. The smallest absolute Gasteiger partial charge is 0.125 e. The topological polar surface area (TPSA) is 29.5 Å². The number of rotatable bonds is 5. The molecule has 1 aliphatic rings. The van der Waals surface area contributed by atoms with E-state index in [1.165, 1.54) is 12.8 Å². The molecule has 1 N–H and O–H groups in total. The van der Waals surface area contributed by atoms with Gasteiger partial charge in [-0.2, -0.15) is 0 Å². The first kappa shape index (κ1) is 14.9. The number of hydrogen-bond donors (Lipinski definition) is 1. The van der Waals surface area contributed by atoms with Crippen LogP contribution in [0.5, 0.6) is 5.75 Å². The molecule has 2 rings (SSSR count). The van der Waals surface area contributed by atoms with Crippen molar-refractivity contribution in [2.45, 2.75) is 52.1 Å². The zero-order chi connectivity index (χ0) is 13.9. The van der Waals surface area contributed by atoms with Crippen LogP contribution in [0.2, 0.25) is 0 Å². The molecule has 0 aromatic heterocycles. The monoisotopic (exact) mass is 326 g/mol. The van der Waals surface area contributed by atoms with Gasteiger partial charge >= 0.3 is 0 Å². The molecule has 1 fully saturated rings. The number of ether oxygens (including phenoxy) is 1. The molecule has 0 heterocycles. The minimum Gasteiger partial charge on any atom is -0.493 e. The zero-order valence-electron chi connectivity index (χ0n) is 11.8. The van der Waals surface area contributed by atoms with E-state index in [-0.39, 0.29) is 5.41 Å². The summed E-state index contributed by atoms with van der Waals surface area (Å²) in [6.07, 6.45) is 5.27. The van der Waals surface area contributed by atoms with Crippen molar-refractivity contribution in [2.75, 3.05) is 6.61 Å². The maximum Gasteiger partial charge on any atom is 0.125 e. The van der Waals surface area contributed by atoms with Crippen molar-refractivity contribution in [1.29, 1.82) is 0 Å². The molecule has 1 aromatic rings. The highest BCUT2D eigenvalue weighted by Gasteiger charge is 2.40. The SMILES string of the molecule is CCOc1ccc(Br)cc1C(O)C1(CC)CCCC1. The minimum absolute atomic E-state index is 0.0344. The van der Waals surface area contributed by atoms with Crippen molar-refractivity contribution >= 4 is 15.9 Å². The van der Waals surface area contributed by atoms with Gasteiger partial charge in [0.25, 0.3) is 0 Å². The Hall–Kier alpha value is -0.540. The van der Waals surface area contributed by atoms with Gasteiger partial charge in [-0.1, -0.05) is 35.7 Å². The average molecular weight is 327 g/mol. The summed E-state index contributed by atoms with van der Waals surface area (Å²) < 4.78 is 6.68. The van der Waals surface area contributed by atoms with Gasteiger partial charge in [-0.25, -0.2) is 0 Å². The third kappa shape index (κ3) is 2.97. The highest BCUT2D eigenvalue weighted by Crippen LogP contribution is 2.51. The zero-order valence-corrected chi connectivity index (χ0v) is 13.4. The maximum atomic E-state index is 10.9. The highest BCUT2D eigenvalue weighted by molar-refractivity contribution is 9.10. The maximum absolute atomic E-state index is 10.9. The van der Waals surface area contributed by atoms with Crippen LogP contribution in [0, 0.1) is 5.41 Å². The predicted molar refractivity (Wildman–Crippen MR) is 81.5 cm³/mol. The van der Waals surface area contributed by atoms with Gasteiger partial charge in [-0.15, -0.1) is 0 Å². The summed E-state index contributed by atoms with van der Waals surface area (Å²) in [5.74, 6) is 0.818. The van der Waals surface area contributed by atoms with Gasteiger partial charge < -0.3 is 9.84 Å². The molecule has 3 heteroatoms. The van der Waals surface area contributed by atoms with Crippen LogP contribution in [0.25, 0.3) is 0 Å². The first-order valence-corrected chi connectivity index (χ1v) is 8.02. The molecule has 106 valence electrons. The van der Waals surface area contributed by atoms with Crippen LogP contribution in [0.15, 0.2) is 22.7 Å². The van der Waals surface area contributed by atoms with Gasteiger partial charge in [0, 0.05) is 15.5 Å². The second-order valence-electron chi connectivity index (χ2n) is 5.44. The Kier molecular flexibility index (Phi) is 4.91. The molecule has 1 atom stereocenters. The fraction of sp³-hybridized carbons (Fsp3) is 0.625. The third-order valence-corrected chi connectivity index (χ3v) is 4.94. The van der Waals surface area contributed by atoms with Crippen LogP contribution in [0.3, 0.4) is 0 Å². The van der Waals surface area contributed by atoms with Gasteiger partial charge in [0.15, 0.2) is 0 Å². The number of hydrogen-bond acceptors (Lipinski definition) is 2. The van der Waals surface area contributed by atoms with Crippen LogP contribution >= 0.6 is 15.9 Å². The number of benzene rings is 1. The second kappa shape index (κ2) is 6.27. The van der Waals surface area contributed by atoms with E-state index in [2.05, 4.69) is 22.9 Å². The van der Waals surface area contributed by atoms with Crippen molar-refractivity contribution in [3.05, 3.63) is 28.2 Å². The quantitative estimate of drug-likeness (QED) is 0.837. The lowest BCUT2D eigenvalue weighted by Gasteiger charge is -2.34. The summed E-state index contributed by atoms with van der Waals surface area (Å²) in [5, 5.41) is 10.9. The predicted octanol–water partition coefficient (Wildman–Crippen LogP) is 4.85. The molecule has 0 spiro atoms. The van der Waals surface area contributed by atoms with Crippen molar-refractivity contribution in [1.82, 2.24) is 0 Å². The largest absolute Gasteiger partial charge is 0.493 e. The fourth-order valence-corrected chi connectivity index (χ4v) is 3.63. The molecule has 0 bridgehead atoms. The molecule has 1 aliphatic carbocycles. The Balaban J connectivity index is 2.36. The standard InChI is InChI=1S/C16H23BrO2/c1-3-16(9-5-6-10-16)15(18)13-11-12(17)7-8-14(13)19-4-2/h7-8,11,15,18H,3-6,9-10H2,1-2H3. The van der Waals surface area contributed by atoms with Gasteiger partial charge in [0.05, 0.1) is 12.7 Å². The average Bonchev–Trinajstić information content (AvgIpc) is 2.90. The molecular weight excluding hydrogens is 304 g/mol. The number of halogens is 1. The molecule has 19 heavy (non-hydrogen) atoms. The molecule has 0 aliphatic heterocycles. The van der Waals surface area contributed by atoms with E-state index < -0.39 is 6.10 Å². The van der Waals surface area contributed by atoms with Crippen molar-refractivity contribution < 1.29 is 9.84 Å². The van der Waals surface area contributed by atoms with Crippen molar-refractivity contribution in [2.24, 2.45) is 5.41 Å². The van der Waals surface area contributed by atoms with Gasteiger partial charge in [0.1, 0.15) is 5.75 Å². The molecule has 1 aromatic carbocycles. The van der Waals surface area contributed by atoms with E-state index in [1.807, 2.05) is 25.1 Å². The van der Waals surface area contributed by atoms with Crippen molar-refractivity contribution in [3.63, 3.8) is 0 Å². The van der Waals surface area contributed by atoms with Crippen LogP contribution in [0.4, 0.5) is 0 Å². The summed E-state index contributed by atoms with van der Waals surface area (Å²) in [5.41, 5.74) is 0.965. The van der Waals surface area contributed by atoms with Gasteiger partial charge in [0.2, 0.25) is 0 Å². The van der Waals surface area contributed by atoms with E-state index in [0.717, 1.165) is 35.0 Å². The minimum atomic E-state index is -0.431.